The molecule has 3 rings (SSSR count). The molecule has 0 heterocycles. The van der Waals surface area contributed by atoms with E-state index < -0.39 is 11.8 Å². The maximum absolute atomic E-state index is 12.1. The van der Waals surface area contributed by atoms with Crippen LogP contribution < -0.4 is 15.6 Å². The molecule has 6 nitrogen and oxygen atoms in total. The Morgan fingerprint density at radius 2 is 1.59 bits per heavy atom. The monoisotopic (exact) mass is 360 g/mol. The molecule has 6 heteroatoms. The normalized spacial score (nSPS) is 10.7. The van der Waals surface area contributed by atoms with Crippen LogP contribution in [0, 0.1) is 0 Å². The number of fused-ring (bicyclic) bond motifs is 1. The smallest absolute Gasteiger partial charge is 0.329 e. The first-order valence-electron chi connectivity index (χ1n) is 8.44. The second-order valence-corrected chi connectivity index (χ2v) is 6.17. The van der Waals surface area contributed by atoms with Gasteiger partial charge in [0.1, 0.15) is 0 Å². The Hall–Kier alpha value is -3.67. The van der Waals surface area contributed by atoms with Crippen molar-refractivity contribution in [1.29, 1.82) is 0 Å². The van der Waals surface area contributed by atoms with E-state index in [1.165, 1.54) is 6.21 Å². The van der Waals surface area contributed by atoms with E-state index in [1.807, 2.05) is 79.7 Å². The highest BCUT2D eigenvalue weighted by Gasteiger charge is 2.14. The highest BCUT2D eigenvalue weighted by Crippen LogP contribution is 2.22. The Kier molecular flexibility index (Phi) is 5.47. The van der Waals surface area contributed by atoms with Gasteiger partial charge in [-0.15, -0.1) is 0 Å². The standard InChI is InChI=1S/C21H20N4O2/c1-25(2)17-12-10-15(11-13-17)14-22-24-21(27)20(26)23-19-9-5-7-16-6-3-4-8-18(16)19/h3-14H,1-2H3,(H,23,26)(H,24,27). The van der Waals surface area contributed by atoms with Crippen molar-refractivity contribution >= 4 is 40.2 Å². The molecule has 0 bridgehead atoms. The minimum atomic E-state index is -0.830. The molecular weight excluding hydrogens is 340 g/mol. The van der Waals surface area contributed by atoms with Gasteiger partial charge in [0.15, 0.2) is 0 Å². The summed E-state index contributed by atoms with van der Waals surface area (Å²) in [6.07, 6.45) is 1.49. The second kappa shape index (κ2) is 8.14. The van der Waals surface area contributed by atoms with Crippen molar-refractivity contribution in [2.24, 2.45) is 5.10 Å². The molecule has 3 aromatic rings. The summed E-state index contributed by atoms with van der Waals surface area (Å²) in [6, 6.07) is 20.8. The third-order valence-electron chi connectivity index (χ3n) is 4.03. The quantitative estimate of drug-likeness (QED) is 0.427. The van der Waals surface area contributed by atoms with Gasteiger partial charge in [-0.3, -0.25) is 9.59 Å². The first-order valence-corrected chi connectivity index (χ1v) is 8.44. The summed E-state index contributed by atoms with van der Waals surface area (Å²) in [4.78, 5) is 26.1. The van der Waals surface area contributed by atoms with Gasteiger partial charge in [-0.25, -0.2) is 5.43 Å². The van der Waals surface area contributed by atoms with Crippen LogP contribution >= 0.6 is 0 Å². The molecule has 0 aliphatic rings. The lowest BCUT2D eigenvalue weighted by Crippen LogP contribution is -2.32. The van der Waals surface area contributed by atoms with Crippen LogP contribution in [0.25, 0.3) is 10.8 Å². The predicted molar refractivity (Wildman–Crippen MR) is 109 cm³/mol. The number of nitrogens with one attached hydrogen (secondary N) is 2. The average Bonchev–Trinajstić information content (AvgIpc) is 2.68. The number of carbonyl (C=O) groups excluding carboxylic acids is 2. The van der Waals surface area contributed by atoms with Crippen molar-refractivity contribution in [3.63, 3.8) is 0 Å². The average molecular weight is 360 g/mol. The van der Waals surface area contributed by atoms with Gasteiger partial charge in [0.05, 0.1) is 6.21 Å². The fourth-order valence-corrected chi connectivity index (χ4v) is 2.59. The van der Waals surface area contributed by atoms with E-state index in [1.54, 1.807) is 6.07 Å². The summed E-state index contributed by atoms with van der Waals surface area (Å²) < 4.78 is 0. The molecule has 0 unspecified atom stereocenters. The first kappa shape index (κ1) is 18.1. The zero-order valence-corrected chi connectivity index (χ0v) is 15.1. The molecular formula is C21H20N4O2. The summed E-state index contributed by atoms with van der Waals surface area (Å²) in [6.45, 7) is 0. The van der Waals surface area contributed by atoms with Gasteiger partial charge in [0.2, 0.25) is 0 Å². The number of anilines is 2. The van der Waals surface area contributed by atoms with Gasteiger partial charge in [0, 0.05) is 30.9 Å². The van der Waals surface area contributed by atoms with E-state index in [4.69, 9.17) is 0 Å². The molecule has 0 spiro atoms. The highest BCUT2D eigenvalue weighted by molar-refractivity contribution is 6.40. The third kappa shape index (κ3) is 4.49. The maximum atomic E-state index is 12.1. The van der Waals surface area contributed by atoms with E-state index in [2.05, 4.69) is 15.8 Å². The number of benzene rings is 3. The molecule has 0 saturated carbocycles. The van der Waals surface area contributed by atoms with Crippen molar-refractivity contribution in [3.8, 4) is 0 Å². The Morgan fingerprint density at radius 1 is 0.889 bits per heavy atom. The van der Waals surface area contributed by atoms with E-state index in [0.29, 0.717) is 5.69 Å². The fraction of sp³-hybridized carbons (Fsp3) is 0.0952. The molecule has 0 aliphatic heterocycles. The lowest BCUT2D eigenvalue weighted by atomic mass is 10.1. The van der Waals surface area contributed by atoms with Crippen LogP contribution in [0.1, 0.15) is 5.56 Å². The second-order valence-electron chi connectivity index (χ2n) is 6.17. The van der Waals surface area contributed by atoms with Crippen molar-refractivity contribution in [2.45, 2.75) is 0 Å². The summed E-state index contributed by atoms with van der Waals surface area (Å²) in [5, 5.41) is 8.31. The molecule has 0 saturated heterocycles. The van der Waals surface area contributed by atoms with Crippen molar-refractivity contribution in [1.82, 2.24) is 5.43 Å². The number of rotatable bonds is 4. The zero-order chi connectivity index (χ0) is 19.2. The zero-order valence-electron chi connectivity index (χ0n) is 15.1. The number of nitrogens with zero attached hydrogens (tertiary/aromatic N) is 2. The molecule has 0 fully saturated rings. The van der Waals surface area contributed by atoms with Crippen molar-refractivity contribution < 1.29 is 9.59 Å². The SMILES string of the molecule is CN(C)c1ccc(C=NNC(=O)C(=O)Nc2cccc3ccccc23)cc1. The van der Waals surface area contributed by atoms with Crippen LogP contribution in [-0.2, 0) is 9.59 Å². The van der Waals surface area contributed by atoms with Gasteiger partial charge in [0.25, 0.3) is 0 Å². The minimum absolute atomic E-state index is 0.580. The number of amides is 2. The number of hydrogen-bond donors (Lipinski definition) is 2. The minimum Gasteiger partial charge on any atom is -0.378 e. The number of hydrazone groups is 1. The van der Waals surface area contributed by atoms with Gasteiger partial charge in [-0.1, -0.05) is 48.5 Å². The summed E-state index contributed by atoms with van der Waals surface area (Å²) in [5.41, 5.74) is 4.70. The van der Waals surface area contributed by atoms with Crippen LogP contribution in [0.4, 0.5) is 11.4 Å². The Morgan fingerprint density at radius 3 is 2.33 bits per heavy atom. The Labute approximate surface area is 157 Å². The molecule has 0 radical (unpaired) electrons. The molecule has 2 amide bonds. The topological polar surface area (TPSA) is 73.8 Å². The summed E-state index contributed by atoms with van der Waals surface area (Å²) >= 11 is 0. The molecule has 0 aliphatic carbocycles. The number of hydrogen-bond acceptors (Lipinski definition) is 4. The van der Waals surface area contributed by atoms with Gasteiger partial charge in [-0.05, 0) is 29.1 Å². The third-order valence-corrected chi connectivity index (χ3v) is 4.03. The van der Waals surface area contributed by atoms with E-state index >= 15 is 0 Å². The lowest BCUT2D eigenvalue weighted by molar-refractivity contribution is -0.136. The van der Waals surface area contributed by atoms with Crippen LogP contribution in [0.5, 0.6) is 0 Å². The van der Waals surface area contributed by atoms with E-state index in [-0.39, 0.29) is 0 Å². The molecule has 0 atom stereocenters. The Bertz CT molecular complexity index is 989. The van der Waals surface area contributed by atoms with Crippen molar-refractivity contribution in [3.05, 3.63) is 72.3 Å². The summed E-state index contributed by atoms with van der Waals surface area (Å²) in [7, 11) is 3.91. The molecule has 136 valence electrons. The molecule has 0 aromatic heterocycles. The van der Waals surface area contributed by atoms with Gasteiger partial charge in [-0.2, -0.15) is 5.10 Å². The highest BCUT2D eigenvalue weighted by atomic mass is 16.2. The van der Waals surface area contributed by atoms with Crippen LogP contribution in [-0.4, -0.2) is 32.1 Å². The maximum Gasteiger partial charge on any atom is 0.329 e. The van der Waals surface area contributed by atoms with Crippen molar-refractivity contribution in [2.75, 3.05) is 24.3 Å². The van der Waals surface area contributed by atoms with Gasteiger partial charge < -0.3 is 10.2 Å². The number of carbonyl (C=O) groups is 2. The predicted octanol–water partition coefficient (Wildman–Crippen LogP) is 2.99. The molecule has 27 heavy (non-hydrogen) atoms. The largest absolute Gasteiger partial charge is 0.378 e. The van der Waals surface area contributed by atoms with Crippen LogP contribution in [0.15, 0.2) is 71.8 Å². The van der Waals surface area contributed by atoms with Crippen LogP contribution in [0.2, 0.25) is 0 Å². The molecule has 2 N–H and O–H groups in total. The van der Waals surface area contributed by atoms with Crippen LogP contribution in [0.3, 0.4) is 0 Å². The fourth-order valence-electron chi connectivity index (χ4n) is 2.59. The first-order chi connectivity index (χ1) is 13.0. The van der Waals surface area contributed by atoms with Gasteiger partial charge >= 0.3 is 11.8 Å². The van der Waals surface area contributed by atoms with E-state index in [0.717, 1.165) is 22.0 Å². The molecule has 3 aromatic carbocycles. The van der Waals surface area contributed by atoms with E-state index in [9.17, 15) is 9.59 Å². The Balaban J connectivity index is 1.61. The summed E-state index contributed by atoms with van der Waals surface area (Å²) in [5.74, 6) is -1.60. The lowest BCUT2D eigenvalue weighted by Gasteiger charge is -2.11.